The first kappa shape index (κ1) is 19.5. The van der Waals surface area contributed by atoms with Crippen molar-refractivity contribution in [3.8, 4) is 6.07 Å². The molecule has 0 spiro atoms. The van der Waals surface area contributed by atoms with E-state index in [2.05, 4.69) is 11.4 Å². The Morgan fingerprint density at radius 3 is 2.78 bits per heavy atom. The van der Waals surface area contributed by atoms with Gasteiger partial charge in [-0.25, -0.2) is 4.79 Å². The number of allylic oxidation sites excluding steroid dienone is 2. The van der Waals surface area contributed by atoms with Crippen LogP contribution in [-0.4, -0.2) is 19.1 Å². The minimum Gasteiger partial charge on any atom is -0.467 e. The van der Waals surface area contributed by atoms with Crippen LogP contribution in [0.5, 0.6) is 0 Å². The van der Waals surface area contributed by atoms with E-state index in [1.807, 2.05) is 32.9 Å². The summed E-state index contributed by atoms with van der Waals surface area (Å²) in [6.45, 7) is 5.93. The lowest BCUT2D eigenvalue weighted by atomic mass is 10.0. The summed E-state index contributed by atoms with van der Waals surface area (Å²) in [5.41, 5.74) is 0.564. The van der Waals surface area contributed by atoms with Gasteiger partial charge in [-0.05, 0) is 38.2 Å². The van der Waals surface area contributed by atoms with E-state index in [4.69, 9.17) is 16.3 Å². The zero-order valence-corrected chi connectivity index (χ0v) is 15.6. The maximum Gasteiger partial charge on any atom is 0.328 e. The summed E-state index contributed by atoms with van der Waals surface area (Å²) < 4.78 is 4.85. The van der Waals surface area contributed by atoms with Crippen molar-refractivity contribution in [2.75, 3.05) is 12.4 Å². The Kier molecular flexibility index (Phi) is 8.15. The van der Waals surface area contributed by atoms with Crippen LogP contribution in [0.1, 0.15) is 44.1 Å². The predicted molar refractivity (Wildman–Crippen MR) is 95.8 cm³/mol. The van der Waals surface area contributed by atoms with Crippen LogP contribution in [0.15, 0.2) is 17.2 Å². The topological polar surface area (TPSA) is 62.1 Å². The minimum absolute atomic E-state index is 0.307. The van der Waals surface area contributed by atoms with Gasteiger partial charge in [-0.1, -0.05) is 31.5 Å². The van der Waals surface area contributed by atoms with E-state index in [1.165, 1.54) is 18.4 Å². The zero-order chi connectivity index (χ0) is 17.4. The summed E-state index contributed by atoms with van der Waals surface area (Å²) in [5, 5.41) is 14.0. The minimum atomic E-state index is -0.441. The number of halogens is 1. The molecule has 0 aliphatic heterocycles. The second-order valence-electron chi connectivity index (χ2n) is 5.75. The SMILES string of the molecule is COC(=O)C(CC(C)C)Nc1sc(CC/C=C(\C)Cl)cc1C#N. The normalized spacial score (nSPS) is 12.8. The van der Waals surface area contributed by atoms with E-state index in [0.717, 1.165) is 27.8 Å². The number of rotatable bonds is 8. The summed E-state index contributed by atoms with van der Waals surface area (Å²) in [4.78, 5) is 13.0. The third kappa shape index (κ3) is 6.64. The second kappa shape index (κ2) is 9.59. The van der Waals surface area contributed by atoms with Gasteiger partial charge in [0.05, 0.1) is 12.7 Å². The van der Waals surface area contributed by atoms with Crippen molar-refractivity contribution >= 4 is 33.9 Å². The molecule has 1 heterocycles. The highest BCUT2D eigenvalue weighted by molar-refractivity contribution is 7.16. The number of anilines is 1. The largest absolute Gasteiger partial charge is 0.467 e. The number of carbonyl (C=O) groups excluding carboxylic acids is 1. The fourth-order valence-corrected chi connectivity index (χ4v) is 3.34. The number of nitrogens with zero attached hydrogens (tertiary/aromatic N) is 1. The average Bonchev–Trinajstić information content (AvgIpc) is 2.86. The molecule has 0 aliphatic rings. The molecule has 1 N–H and O–H groups in total. The van der Waals surface area contributed by atoms with Crippen molar-refractivity contribution < 1.29 is 9.53 Å². The molecule has 126 valence electrons. The van der Waals surface area contributed by atoms with Gasteiger partial charge in [0.25, 0.3) is 0 Å². The summed E-state index contributed by atoms with van der Waals surface area (Å²) in [6.07, 6.45) is 4.25. The first-order chi connectivity index (χ1) is 10.9. The molecule has 6 heteroatoms. The molecule has 0 fully saturated rings. The van der Waals surface area contributed by atoms with E-state index >= 15 is 0 Å². The number of hydrogen-bond donors (Lipinski definition) is 1. The molecule has 0 radical (unpaired) electrons. The third-order valence-electron chi connectivity index (χ3n) is 3.22. The highest BCUT2D eigenvalue weighted by Gasteiger charge is 2.22. The molecule has 1 aromatic rings. The first-order valence-electron chi connectivity index (χ1n) is 7.56. The molecule has 23 heavy (non-hydrogen) atoms. The van der Waals surface area contributed by atoms with E-state index in [0.29, 0.717) is 17.9 Å². The van der Waals surface area contributed by atoms with Crippen LogP contribution in [0.4, 0.5) is 5.00 Å². The number of methoxy groups -OCH3 is 1. The van der Waals surface area contributed by atoms with Crippen LogP contribution in [0, 0.1) is 17.2 Å². The highest BCUT2D eigenvalue weighted by Crippen LogP contribution is 2.30. The Hall–Kier alpha value is -1.51. The van der Waals surface area contributed by atoms with Gasteiger partial charge in [0.2, 0.25) is 0 Å². The Morgan fingerprint density at radius 2 is 2.26 bits per heavy atom. The van der Waals surface area contributed by atoms with Gasteiger partial charge >= 0.3 is 5.97 Å². The first-order valence-corrected chi connectivity index (χ1v) is 8.76. The van der Waals surface area contributed by atoms with Crippen LogP contribution in [0.3, 0.4) is 0 Å². The Bertz CT molecular complexity index is 598. The van der Waals surface area contributed by atoms with Crippen molar-refractivity contribution in [2.24, 2.45) is 5.92 Å². The molecule has 0 aromatic carbocycles. The maximum absolute atomic E-state index is 11.9. The monoisotopic (exact) mass is 354 g/mol. The van der Waals surface area contributed by atoms with Crippen LogP contribution in [0.2, 0.25) is 0 Å². The summed E-state index contributed by atoms with van der Waals surface area (Å²) in [5.74, 6) is 0.0339. The van der Waals surface area contributed by atoms with Crippen LogP contribution >= 0.6 is 22.9 Å². The molecule has 0 aliphatic carbocycles. The van der Waals surface area contributed by atoms with Crippen LogP contribution in [-0.2, 0) is 16.0 Å². The smallest absolute Gasteiger partial charge is 0.328 e. The fourth-order valence-electron chi connectivity index (χ4n) is 2.15. The molecule has 1 aromatic heterocycles. The van der Waals surface area contributed by atoms with Crippen LogP contribution < -0.4 is 5.32 Å². The van der Waals surface area contributed by atoms with Gasteiger partial charge in [-0.15, -0.1) is 11.3 Å². The molecule has 4 nitrogen and oxygen atoms in total. The van der Waals surface area contributed by atoms with Gasteiger partial charge in [0.15, 0.2) is 0 Å². The average molecular weight is 355 g/mol. The van der Waals surface area contributed by atoms with Crippen molar-refractivity contribution in [3.05, 3.63) is 27.6 Å². The number of nitriles is 1. The predicted octanol–water partition coefficient (Wildman–Crippen LogP) is 4.69. The summed E-state index contributed by atoms with van der Waals surface area (Å²) in [6, 6.07) is 3.61. The Labute approximate surface area is 147 Å². The van der Waals surface area contributed by atoms with E-state index < -0.39 is 6.04 Å². The summed E-state index contributed by atoms with van der Waals surface area (Å²) in [7, 11) is 1.38. The number of aryl methyl sites for hydroxylation is 1. The zero-order valence-electron chi connectivity index (χ0n) is 14.0. The van der Waals surface area contributed by atoms with Crippen molar-refractivity contribution in [3.63, 3.8) is 0 Å². The molecule has 1 unspecified atom stereocenters. The van der Waals surface area contributed by atoms with E-state index in [9.17, 15) is 10.1 Å². The van der Waals surface area contributed by atoms with E-state index in [-0.39, 0.29) is 5.97 Å². The number of carbonyl (C=O) groups is 1. The number of esters is 1. The van der Waals surface area contributed by atoms with E-state index in [1.54, 1.807) is 0 Å². The van der Waals surface area contributed by atoms with Gasteiger partial charge in [0, 0.05) is 9.91 Å². The number of hydrogen-bond acceptors (Lipinski definition) is 5. The number of nitrogens with one attached hydrogen (secondary N) is 1. The van der Waals surface area contributed by atoms with Crippen molar-refractivity contribution in [2.45, 2.75) is 46.1 Å². The van der Waals surface area contributed by atoms with Gasteiger partial charge in [0.1, 0.15) is 17.1 Å². The second-order valence-corrected chi connectivity index (χ2v) is 7.48. The lowest BCUT2D eigenvalue weighted by Gasteiger charge is -2.18. The maximum atomic E-state index is 11.9. The number of thiophene rings is 1. The van der Waals surface area contributed by atoms with Gasteiger partial charge < -0.3 is 10.1 Å². The molecular weight excluding hydrogens is 332 g/mol. The molecule has 0 saturated carbocycles. The Morgan fingerprint density at radius 1 is 1.57 bits per heavy atom. The lowest BCUT2D eigenvalue weighted by Crippen LogP contribution is -2.31. The number of ether oxygens (including phenoxy) is 1. The van der Waals surface area contributed by atoms with Gasteiger partial charge in [-0.2, -0.15) is 5.26 Å². The third-order valence-corrected chi connectivity index (χ3v) is 4.50. The fraction of sp³-hybridized carbons (Fsp3) is 0.529. The van der Waals surface area contributed by atoms with Crippen LogP contribution in [0.25, 0.3) is 0 Å². The molecular formula is C17H23ClN2O2S. The molecule has 0 bridgehead atoms. The van der Waals surface area contributed by atoms with Crippen molar-refractivity contribution in [1.82, 2.24) is 0 Å². The lowest BCUT2D eigenvalue weighted by molar-refractivity contribution is -0.141. The summed E-state index contributed by atoms with van der Waals surface area (Å²) >= 11 is 7.33. The Balaban J connectivity index is 2.88. The highest BCUT2D eigenvalue weighted by atomic mass is 35.5. The standard InChI is InChI=1S/C17H23ClN2O2S/c1-11(2)8-15(17(21)22-4)20-16-13(10-19)9-14(23-16)7-5-6-12(3)18/h6,9,11,15,20H,5,7-8H2,1-4H3/b12-6+. The van der Waals surface area contributed by atoms with Gasteiger partial charge in [-0.3, -0.25) is 0 Å². The molecule has 0 amide bonds. The molecule has 1 atom stereocenters. The quantitative estimate of drug-likeness (QED) is 0.687. The molecule has 1 rings (SSSR count). The van der Waals surface area contributed by atoms with Crippen molar-refractivity contribution in [1.29, 1.82) is 5.26 Å². The molecule has 0 saturated heterocycles.